The number of aromatic nitrogens is 2. The van der Waals surface area contributed by atoms with Crippen molar-refractivity contribution in [1.82, 2.24) is 9.78 Å². The number of aromatic carboxylic acids is 1. The van der Waals surface area contributed by atoms with Crippen LogP contribution < -0.4 is 0 Å². The van der Waals surface area contributed by atoms with Gasteiger partial charge in [0.1, 0.15) is 32.5 Å². The van der Waals surface area contributed by atoms with Crippen molar-refractivity contribution in [3.8, 4) is 23.1 Å². The van der Waals surface area contributed by atoms with Crippen molar-refractivity contribution in [2.45, 2.75) is 19.6 Å². The minimum absolute atomic E-state index is 0.0862. The van der Waals surface area contributed by atoms with Gasteiger partial charge < -0.3 is 20.4 Å². The Bertz CT molecular complexity index is 3530. The number of nitrogens with zero attached hydrogens (tertiary/aromatic N) is 9. The van der Waals surface area contributed by atoms with Gasteiger partial charge in [-0.3, -0.25) is 28.7 Å². The second-order valence-electron chi connectivity index (χ2n) is 12.7. The normalized spacial score (nSPS) is 12.4. The first-order valence-electron chi connectivity index (χ1n) is 17.2. The smallest absolute Gasteiger partial charge is 0.375 e. The van der Waals surface area contributed by atoms with Gasteiger partial charge in [0.2, 0.25) is 11.6 Å². The average Bonchev–Trinajstić information content (AvgIpc) is 3.61. The van der Waals surface area contributed by atoms with Crippen molar-refractivity contribution in [3.05, 3.63) is 94.2 Å². The summed E-state index contributed by atoms with van der Waals surface area (Å²) in [6.45, 7) is 0. The van der Waals surface area contributed by atoms with Crippen molar-refractivity contribution >= 4 is 105 Å². The number of carbonyl (C=O) groups excluding carboxylic acids is 1. The lowest BCUT2D eigenvalue weighted by Crippen LogP contribution is -2.04. The number of nitro groups is 1. The number of carboxylic acid groups (broad SMARTS) is 1. The molecular weight excluding hydrogens is 1000 g/mol. The van der Waals surface area contributed by atoms with E-state index in [9.17, 15) is 79.0 Å². The third-order valence-corrected chi connectivity index (χ3v) is 11.8. The summed E-state index contributed by atoms with van der Waals surface area (Å²) in [5.41, 5.74) is -7.04. The Morgan fingerprint density at radius 3 is 1.90 bits per heavy atom. The molecule has 0 saturated carbocycles. The number of nitro benzene ring substituents is 1. The van der Waals surface area contributed by atoms with Gasteiger partial charge in [-0.1, -0.05) is 5.04 Å². The van der Waals surface area contributed by atoms with Crippen LogP contribution in [0.5, 0.6) is 17.4 Å². The maximum Gasteiger partial charge on any atom is 0.375 e. The highest BCUT2D eigenvalue weighted by Gasteiger charge is 2.29. The molecule has 5 aromatic carbocycles. The molecule has 0 aliphatic carbocycles. The third kappa shape index (κ3) is 10.4. The Balaban J connectivity index is 1.45. The van der Waals surface area contributed by atoms with Crippen molar-refractivity contribution < 1.29 is 98.6 Å². The van der Waals surface area contributed by atoms with E-state index in [1.54, 1.807) is 0 Å². The molecule has 68 heavy (non-hydrogen) atoms. The van der Waals surface area contributed by atoms with Crippen molar-refractivity contribution in [2.75, 3.05) is 0 Å². The van der Waals surface area contributed by atoms with Crippen LogP contribution in [0.3, 0.4) is 0 Å². The monoisotopic (exact) mass is 1020 g/mol. The molecule has 0 amide bonds. The van der Waals surface area contributed by atoms with Gasteiger partial charge in [-0.2, -0.15) is 45.4 Å². The molecule has 0 unspecified atom stereocenters. The fraction of sp³-hybridized carbons (Fsp3) is 0. The summed E-state index contributed by atoms with van der Waals surface area (Å²) in [5.74, 6) is -6.97. The van der Waals surface area contributed by atoms with E-state index in [1.165, 1.54) is 0 Å². The highest BCUT2D eigenvalue weighted by molar-refractivity contribution is 7.94. The zero-order chi connectivity index (χ0) is 50.0. The lowest BCUT2D eigenvalue weighted by Gasteiger charge is -2.13. The first-order chi connectivity index (χ1) is 31.8. The summed E-state index contributed by atoms with van der Waals surface area (Å²) < 4.78 is 106. The van der Waals surface area contributed by atoms with Gasteiger partial charge in [0.05, 0.1) is 49.1 Å². The molecular formula is C33H21N9O22S4. The molecule has 35 heteroatoms. The number of carboxylic acids is 1. The predicted octanol–water partition coefficient (Wildman–Crippen LogP) is 6.79. The van der Waals surface area contributed by atoms with Gasteiger partial charge in [-0.25, -0.2) is 14.8 Å². The number of hydrogen-bond acceptors (Lipinski definition) is 26. The van der Waals surface area contributed by atoms with E-state index < -0.39 is 130 Å². The summed E-state index contributed by atoms with van der Waals surface area (Å²) in [6.07, 6.45) is 0. The Hall–Kier alpha value is -7.97. The van der Waals surface area contributed by atoms with Gasteiger partial charge in [-0.05, 0) is 66.0 Å². The molecule has 0 radical (unpaired) electrons. The number of fused-ring (bicyclic) bond motifs is 1. The van der Waals surface area contributed by atoms with Crippen LogP contribution in [0, 0.1) is 10.1 Å². The minimum atomic E-state index is -5.44. The Labute approximate surface area is 379 Å². The summed E-state index contributed by atoms with van der Waals surface area (Å²) in [5, 5.41) is 101. The van der Waals surface area contributed by atoms with Crippen LogP contribution in [-0.2, 0) is 44.6 Å². The van der Waals surface area contributed by atoms with E-state index in [2.05, 4.69) is 50.0 Å². The number of phenols is 2. The molecule has 1 heterocycles. The molecule has 0 aliphatic rings. The van der Waals surface area contributed by atoms with E-state index >= 15 is 0 Å². The van der Waals surface area contributed by atoms with Gasteiger partial charge in [-0.15, -0.1) is 29.9 Å². The molecule has 6 aromatic rings. The van der Waals surface area contributed by atoms with Gasteiger partial charge >= 0.3 is 11.9 Å². The first-order valence-corrected chi connectivity index (χ1v) is 22.2. The third-order valence-electron chi connectivity index (χ3n) is 8.60. The largest absolute Gasteiger partial charge is 0.505 e. The fourth-order valence-electron chi connectivity index (χ4n) is 5.65. The number of benzene rings is 5. The molecule has 31 nitrogen and oxygen atoms in total. The number of phenolic OH excluding ortho intramolecular Hbond substituents is 2. The maximum atomic E-state index is 12.6. The Morgan fingerprint density at radius 2 is 1.31 bits per heavy atom. The van der Waals surface area contributed by atoms with Crippen LogP contribution in [0.4, 0.5) is 39.8 Å². The minimum Gasteiger partial charge on any atom is -0.505 e. The maximum absolute atomic E-state index is 12.6. The van der Waals surface area contributed by atoms with Crippen molar-refractivity contribution in [1.29, 1.82) is 0 Å². The van der Waals surface area contributed by atoms with Crippen LogP contribution >= 0.6 is 12.0 Å². The second-order valence-corrected chi connectivity index (χ2v) is 17.7. The summed E-state index contributed by atoms with van der Waals surface area (Å²) in [6, 6.07) is 10.2. The Morgan fingerprint density at radius 1 is 0.706 bits per heavy atom. The van der Waals surface area contributed by atoms with Crippen molar-refractivity contribution in [2.24, 2.45) is 30.7 Å². The standard InChI is InChI=1S/C33H21N9O22S4/c43-29-24-13(9-18(33(48)62-51)25(29)37-36-20-8-4-16(42(49)50)12-22(20)67(56,57)58)10-23(68(59,60)61)26(30(24)44)38-35-19-7-1-14(11-21(19)65-64-63-52)34-39-27-28(32(46)47)40-41(31(27)45)15-2-5-17(6-3-15)66(53,54)55/h1-12,43-45,51-52H,(H,46,47)(H,53,54,55)(H,56,57,58)(H,59,60,61). The molecule has 0 bridgehead atoms. The van der Waals surface area contributed by atoms with E-state index in [4.69, 9.17) is 10.5 Å². The predicted molar refractivity (Wildman–Crippen MR) is 220 cm³/mol. The SMILES string of the molecule is O=C(OO)c1cc2cc(S(=O)(=O)O)c(N=Nc3ccc(N=Nc4c(C(=O)O)nn(-c5ccc(S(=O)(=O)O)cc5)c4O)cc3SOOO)c(O)c2c(O)c1N=Nc1ccc([N+](=O)[O-])cc1S(=O)(=O)O. The number of carbonyl (C=O) groups is 2. The lowest BCUT2D eigenvalue weighted by molar-refractivity contribution is -0.432. The molecule has 1 aromatic heterocycles. The topological polar surface area (TPSA) is 481 Å². The van der Waals surface area contributed by atoms with Crippen LogP contribution in [0.25, 0.3) is 16.5 Å². The lowest BCUT2D eigenvalue weighted by atomic mass is 10.0. The summed E-state index contributed by atoms with van der Waals surface area (Å²) in [4.78, 5) is 35.3. The molecule has 0 fully saturated rings. The highest BCUT2D eigenvalue weighted by atomic mass is 32.2. The quantitative estimate of drug-likeness (QED) is 0.0120. The van der Waals surface area contributed by atoms with E-state index in [0.717, 1.165) is 48.5 Å². The number of rotatable bonds is 16. The molecule has 0 aliphatic heterocycles. The van der Waals surface area contributed by atoms with E-state index in [1.807, 2.05) is 0 Å². The molecule has 0 atom stereocenters. The average molecular weight is 1020 g/mol. The molecule has 9 N–H and O–H groups in total. The Kier molecular flexibility index (Phi) is 13.9. The molecule has 354 valence electrons. The van der Waals surface area contributed by atoms with Crippen LogP contribution in [0.2, 0.25) is 0 Å². The highest BCUT2D eigenvalue weighted by Crippen LogP contribution is 2.50. The number of aromatic hydroxyl groups is 3. The van der Waals surface area contributed by atoms with Crippen molar-refractivity contribution in [3.63, 3.8) is 0 Å². The van der Waals surface area contributed by atoms with Crippen LogP contribution in [0.1, 0.15) is 20.8 Å². The van der Waals surface area contributed by atoms with Gasteiger partial charge in [0.15, 0.2) is 17.2 Å². The fourth-order valence-corrected chi connectivity index (χ4v) is 7.90. The zero-order valence-corrected chi connectivity index (χ0v) is 35.7. The summed E-state index contributed by atoms with van der Waals surface area (Å²) in [7, 11) is -15.3. The number of non-ortho nitro benzene ring substituents is 1. The van der Waals surface area contributed by atoms with E-state index in [0.29, 0.717) is 28.9 Å². The zero-order valence-electron chi connectivity index (χ0n) is 32.4. The van der Waals surface area contributed by atoms with Gasteiger partial charge in [0, 0.05) is 12.1 Å². The molecule has 0 saturated heterocycles. The van der Waals surface area contributed by atoms with Crippen LogP contribution in [-0.4, -0.2) is 96.5 Å². The van der Waals surface area contributed by atoms with E-state index in [-0.39, 0.29) is 34.0 Å². The molecule has 6 rings (SSSR count). The molecule has 0 spiro atoms. The first kappa shape index (κ1) is 49.5. The van der Waals surface area contributed by atoms with Gasteiger partial charge in [0.25, 0.3) is 36.0 Å². The summed E-state index contributed by atoms with van der Waals surface area (Å²) >= 11 is 0.177. The second kappa shape index (κ2) is 19.1. The number of azo groups is 3. The number of hydrogen-bond donors (Lipinski definition) is 9. The van der Waals surface area contributed by atoms with Crippen LogP contribution in [0.15, 0.2) is 123 Å².